The van der Waals surface area contributed by atoms with Crippen molar-refractivity contribution < 1.29 is 19.6 Å². The van der Waals surface area contributed by atoms with Crippen LogP contribution in [-0.2, 0) is 17.0 Å². The molecule has 0 saturated heterocycles. The molecule has 1 aliphatic heterocycles. The minimum Gasteiger partial charge on any atom is -0.384 e. The van der Waals surface area contributed by atoms with E-state index < -0.39 is 10.6 Å². The number of benzene rings is 3. The lowest BCUT2D eigenvalue weighted by molar-refractivity contribution is -0.384. The molecule has 0 radical (unpaired) electrons. The van der Waals surface area contributed by atoms with Crippen molar-refractivity contribution in [2.75, 3.05) is 13.2 Å². The van der Waals surface area contributed by atoms with Crippen LogP contribution in [0.4, 0.5) is 5.69 Å². The molecular weight excluding hydrogens is 444 g/mol. The molecule has 0 aliphatic carbocycles. The van der Waals surface area contributed by atoms with E-state index in [4.69, 9.17) is 21.4 Å². The first-order valence-corrected chi connectivity index (χ1v) is 10.5. The number of fused-ring (bicyclic) bond motifs is 1. The van der Waals surface area contributed by atoms with Crippen molar-refractivity contribution >= 4 is 23.2 Å². The summed E-state index contributed by atoms with van der Waals surface area (Å²) >= 11 is 6.12. The van der Waals surface area contributed by atoms with E-state index in [0.717, 1.165) is 0 Å². The van der Waals surface area contributed by atoms with E-state index in [9.17, 15) is 14.9 Å². The van der Waals surface area contributed by atoms with Crippen LogP contribution in [0.25, 0.3) is 0 Å². The average molecular weight is 463 g/mol. The van der Waals surface area contributed by atoms with Crippen molar-refractivity contribution in [1.29, 1.82) is 0 Å². The van der Waals surface area contributed by atoms with Crippen molar-refractivity contribution in [1.82, 2.24) is 4.90 Å². The van der Waals surface area contributed by atoms with Crippen LogP contribution in [0, 0.1) is 22.0 Å². The van der Waals surface area contributed by atoms with Crippen LogP contribution in [0.2, 0.25) is 5.02 Å². The summed E-state index contributed by atoms with van der Waals surface area (Å²) in [6.07, 6.45) is 0. The maximum atomic E-state index is 13.6. The van der Waals surface area contributed by atoms with Gasteiger partial charge in [-0.05, 0) is 23.8 Å². The molecule has 1 N–H and O–H groups in total. The molecule has 8 heteroatoms. The first-order chi connectivity index (χ1) is 16.0. The zero-order chi connectivity index (χ0) is 23.4. The molecule has 3 aromatic carbocycles. The summed E-state index contributed by atoms with van der Waals surface area (Å²) in [7, 11) is 0. The number of aliphatic hydroxyl groups is 1. The van der Waals surface area contributed by atoms with Gasteiger partial charge in [-0.2, -0.15) is 0 Å². The minimum atomic E-state index is -1.30. The summed E-state index contributed by atoms with van der Waals surface area (Å²) in [5.41, 5.74) is 1.19. The van der Waals surface area contributed by atoms with Crippen LogP contribution >= 0.6 is 11.6 Å². The molecule has 1 atom stereocenters. The molecular formula is C25H19ClN2O5. The molecule has 1 heterocycles. The van der Waals surface area contributed by atoms with Gasteiger partial charge in [0.2, 0.25) is 0 Å². The Morgan fingerprint density at radius 3 is 2.39 bits per heavy atom. The van der Waals surface area contributed by atoms with Crippen LogP contribution in [-0.4, -0.2) is 34.1 Å². The number of hydrogen-bond acceptors (Lipinski definition) is 5. The maximum absolute atomic E-state index is 13.6. The van der Waals surface area contributed by atoms with Gasteiger partial charge in [0.05, 0.1) is 4.92 Å². The third-order valence-corrected chi connectivity index (χ3v) is 5.68. The lowest BCUT2D eigenvalue weighted by Gasteiger charge is -2.39. The highest BCUT2D eigenvalue weighted by Gasteiger charge is 2.52. The quantitative estimate of drug-likeness (QED) is 0.338. The van der Waals surface area contributed by atoms with Gasteiger partial charge < -0.3 is 9.84 Å². The number of nitrogens with zero attached hydrogens (tertiary/aromatic N) is 2. The van der Waals surface area contributed by atoms with Crippen molar-refractivity contribution in [3.8, 4) is 11.8 Å². The van der Waals surface area contributed by atoms with Gasteiger partial charge in [0.1, 0.15) is 13.2 Å². The van der Waals surface area contributed by atoms with E-state index in [1.165, 1.54) is 12.1 Å². The van der Waals surface area contributed by atoms with Gasteiger partial charge in [0.15, 0.2) is 5.72 Å². The number of rotatable bonds is 6. The third-order valence-electron chi connectivity index (χ3n) is 5.43. The van der Waals surface area contributed by atoms with Crippen molar-refractivity contribution in [3.05, 3.63) is 110 Å². The molecule has 33 heavy (non-hydrogen) atoms. The molecule has 3 aromatic rings. The topological polar surface area (TPSA) is 92.9 Å². The number of aliphatic hydroxyl groups excluding tert-OH is 1. The Kier molecular flexibility index (Phi) is 6.43. The zero-order valence-corrected chi connectivity index (χ0v) is 18.2. The molecule has 1 unspecified atom stereocenters. The van der Waals surface area contributed by atoms with Gasteiger partial charge in [0.25, 0.3) is 11.6 Å². The molecule has 0 aromatic heterocycles. The van der Waals surface area contributed by atoms with Crippen LogP contribution in [0.5, 0.6) is 0 Å². The molecule has 166 valence electrons. The van der Waals surface area contributed by atoms with E-state index in [1.54, 1.807) is 53.4 Å². The number of ether oxygens (including phenoxy) is 1. The Morgan fingerprint density at radius 1 is 1.03 bits per heavy atom. The SMILES string of the molecule is O=C1c2ccccc2C(OCC#CCO)(c2ccc(Cl)cc2)N1Cc1ccc([N+](=O)[O-])cc1. The van der Waals surface area contributed by atoms with Crippen LogP contribution in [0.15, 0.2) is 72.8 Å². The standard InChI is InChI=1S/C25H19ClN2O5/c26-20-11-9-19(10-12-20)25(33-16-4-3-15-29)23-6-2-1-5-22(23)24(30)27(25)17-18-7-13-21(14-8-18)28(31)32/h1-2,5-14,29H,15-17H2. The van der Waals surface area contributed by atoms with Gasteiger partial charge in [0, 0.05) is 40.4 Å². The number of non-ortho nitro benzene ring substituents is 1. The van der Waals surface area contributed by atoms with Gasteiger partial charge >= 0.3 is 0 Å². The monoisotopic (exact) mass is 462 g/mol. The highest BCUT2D eigenvalue weighted by molar-refractivity contribution is 6.30. The lowest BCUT2D eigenvalue weighted by atomic mass is 9.93. The molecule has 7 nitrogen and oxygen atoms in total. The predicted molar refractivity (Wildman–Crippen MR) is 122 cm³/mol. The Hall–Kier alpha value is -3.70. The summed E-state index contributed by atoms with van der Waals surface area (Å²) in [4.78, 5) is 25.7. The second kappa shape index (κ2) is 9.43. The van der Waals surface area contributed by atoms with Crippen molar-refractivity contribution in [2.24, 2.45) is 0 Å². The second-order valence-corrected chi connectivity index (χ2v) is 7.75. The fourth-order valence-corrected chi connectivity index (χ4v) is 4.09. The van der Waals surface area contributed by atoms with Gasteiger partial charge in [-0.25, -0.2) is 0 Å². The molecule has 1 amide bonds. The molecule has 0 saturated carbocycles. The van der Waals surface area contributed by atoms with Crippen molar-refractivity contribution in [3.63, 3.8) is 0 Å². The summed E-state index contributed by atoms with van der Waals surface area (Å²) in [5, 5.41) is 20.6. The first-order valence-electron chi connectivity index (χ1n) is 10.1. The number of nitro groups is 1. The van der Waals surface area contributed by atoms with Gasteiger partial charge in [-0.1, -0.05) is 65.9 Å². The van der Waals surface area contributed by atoms with E-state index >= 15 is 0 Å². The van der Waals surface area contributed by atoms with E-state index in [0.29, 0.717) is 27.3 Å². The highest BCUT2D eigenvalue weighted by Crippen LogP contribution is 2.46. The summed E-state index contributed by atoms with van der Waals surface area (Å²) < 4.78 is 6.33. The number of carbonyl (C=O) groups excluding carboxylic acids is 1. The summed E-state index contributed by atoms with van der Waals surface area (Å²) in [6.45, 7) is -0.206. The third kappa shape index (κ3) is 4.20. The fraction of sp³-hybridized carbons (Fsp3) is 0.160. The number of hydrogen-bond donors (Lipinski definition) is 1. The molecule has 4 rings (SSSR count). The number of carbonyl (C=O) groups is 1. The normalized spacial score (nSPS) is 16.8. The Balaban J connectivity index is 1.85. The largest absolute Gasteiger partial charge is 0.384 e. The van der Waals surface area contributed by atoms with Crippen LogP contribution in [0.1, 0.15) is 27.0 Å². The van der Waals surface area contributed by atoms with Gasteiger partial charge in [-0.3, -0.25) is 19.8 Å². The smallest absolute Gasteiger partial charge is 0.269 e. The Labute approximate surface area is 195 Å². The number of nitro benzene ring substituents is 1. The molecule has 0 fully saturated rings. The lowest BCUT2D eigenvalue weighted by Crippen LogP contribution is -2.46. The van der Waals surface area contributed by atoms with Crippen molar-refractivity contribution in [2.45, 2.75) is 12.3 Å². The summed E-state index contributed by atoms with van der Waals surface area (Å²) in [5.74, 6) is 5.07. The number of amides is 1. The second-order valence-electron chi connectivity index (χ2n) is 7.31. The van der Waals surface area contributed by atoms with Crippen LogP contribution < -0.4 is 0 Å². The highest BCUT2D eigenvalue weighted by atomic mass is 35.5. The fourth-order valence-electron chi connectivity index (χ4n) is 3.96. The maximum Gasteiger partial charge on any atom is 0.269 e. The molecule has 1 aliphatic rings. The Morgan fingerprint density at radius 2 is 1.73 bits per heavy atom. The Bertz CT molecular complexity index is 1250. The van der Waals surface area contributed by atoms with E-state index in [-0.39, 0.29) is 31.4 Å². The zero-order valence-electron chi connectivity index (χ0n) is 17.4. The minimum absolute atomic E-state index is 0.0331. The first kappa shape index (κ1) is 22.5. The summed E-state index contributed by atoms with van der Waals surface area (Å²) in [6, 6.07) is 20.2. The van der Waals surface area contributed by atoms with Crippen LogP contribution in [0.3, 0.4) is 0 Å². The average Bonchev–Trinajstić information content (AvgIpc) is 3.06. The van der Waals surface area contributed by atoms with E-state index in [1.807, 2.05) is 12.1 Å². The van der Waals surface area contributed by atoms with E-state index in [2.05, 4.69) is 11.8 Å². The number of halogens is 1. The van der Waals surface area contributed by atoms with Gasteiger partial charge in [-0.15, -0.1) is 0 Å². The molecule has 0 bridgehead atoms. The molecule has 0 spiro atoms. The predicted octanol–water partition coefficient (Wildman–Crippen LogP) is 4.12.